The Hall–Kier alpha value is -5.94. The molecule has 0 spiro atoms. The van der Waals surface area contributed by atoms with E-state index in [0.717, 1.165) is 13.8 Å². The molecular weight excluding hydrogens is 817 g/mol. The molecule has 2 saturated carbocycles. The van der Waals surface area contributed by atoms with Gasteiger partial charge >= 0.3 is 29.9 Å². The fourth-order valence-electron chi connectivity index (χ4n) is 10.2. The molecule has 5 N–H and O–H groups in total. The lowest BCUT2D eigenvalue weighted by Gasteiger charge is -2.67. The average Bonchev–Trinajstić information content (AvgIpc) is 3.24. The first-order valence-electron chi connectivity index (χ1n) is 20.7. The quantitative estimate of drug-likeness (QED) is 0.110. The van der Waals surface area contributed by atoms with E-state index in [0.29, 0.717) is 11.3 Å². The molecule has 2 bridgehead atoms. The summed E-state index contributed by atoms with van der Waals surface area (Å²) in [6.45, 7) is 7.95. The van der Waals surface area contributed by atoms with E-state index in [2.05, 4.69) is 10.6 Å². The van der Waals surface area contributed by atoms with Gasteiger partial charge in [-0.2, -0.15) is 0 Å². The van der Waals surface area contributed by atoms with Crippen molar-refractivity contribution in [3.63, 3.8) is 0 Å². The predicted octanol–water partition coefficient (Wildman–Crippen LogP) is 4.13. The lowest BCUT2D eigenvalue weighted by molar-refractivity contribution is -0.346. The van der Waals surface area contributed by atoms with E-state index >= 15 is 4.79 Å². The van der Waals surface area contributed by atoms with E-state index in [1.54, 1.807) is 92.7 Å². The number of hydrogen-bond acceptors (Lipinski definition) is 14. The number of nitrogens with one attached hydrogen (secondary N) is 2. The number of esters is 4. The van der Waals surface area contributed by atoms with Gasteiger partial charge < -0.3 is 49.6 Å². The monoisotopic (exact) mass is 868 g/mol. The zero-order valence-corrected chi connectivity index (χ0v) is 35.7. The number of fused-ring (bicyclic) bond motifs is 5. The Morgan fingerprint density at radius 3 is 2.02 bits per heavy atom. The highest BCUT2D eigenvalue weighted by atomic mass is 16.6. The number of hydrogen-bond donors (Lipinski definition) is 5. The van der Waals surface area contributed by atoms with Crippen LogP contribution in [-0.2, 0) is 42.9 Å². The highest BCUT2D eigenvalue weighted by Gasteiger charge is 2.78. The Kier molecular flexibility index (Phi) is 12.2. The molecule has 3 aromatic carbocycles. The molecule has 1 saturated heterocycles. The van der Waals surface area contributed by atoms with Crippen LogP contribution < -0.4 is 10.6 Å². The average molecular weight is 869 g/mol. The minimum absolute atomic E-state index is 0.00938. The minimum Gasteiger partial charge on any atom is -0.456 e. The van der Waals surface area contributed by atoms with Crippen molar-refractivity contribution >= 4 is 41.4 Å². The molecule has 11 atom stereocenters. The summed E-state index contributed by atoms with van der Waals surface area (Å²) in [5.74, 6) is -6.29. The zero-order chi connectivity index (χ0) is 45.6. The van der Waals surface area contributed by atoms with Crippen molar-refractivity contribution in [3.05, 3.63) is 113 Å². The molecule has 9 unspecified atom stereocenters. The summed E-state index contributed by atoms with van der Waals surface area (Å²) >= 11 is 0. The van der Waals surface area contributed by atoms with Crippen molar-refractivity contribution in [2.45, 2.75) is 108 Å². The van der Waals surface area contributed by atoms with E-state index in [-0.39, 0.29) is 29.7 Å². The number of carbonyl (C=O) groups excluding carboxylic acids is 6. The van der Waals surface area contributed by atoms with E-state index < -0.39 is 113 Å². The van der Waals surface area contributed by atoms with Gasteiger partial charge in [0.05, 0.1) is 35.6 Å². The summed E-state index contributed by atoms with van der Waals surface area (Å²) in [6.07, 6.45) is -10.6. The number of aliphatic hydroxyl groups is 3. The van der Waals surface area contributed by atoms with Crippen molar-refractivity contribution in [1.29, 1.82) is 0 Å². The fraction of sp³-hybridized carbons (Fsp3) is 0.447. The Labute approximate surface area is 363 Å². The Balaban J connectivity index is 1.37. The first-order valence-corrected chi connectivity index (χ1v) is 20.7. The van der Waals surface area contributed by atoms with Crippen LogP contribution in [0.25, 0.3) is 0 Å². The molecule has 63 heavy (non-hydrogen) atoms. The maximum atomic E-state index is 15.5. The van der Waals surface area contributed by atoms with Gasteiger partial charge in [-0.15, -0.1) is 0 Å². The number of benzene rings is 3. The van der Waals surface area contributed by atoms with Gasteiger partial charge in [-0.3, -0.25) is 14.4 Å². The zero-order valence-electron chi connectivity index (χ0n) is 35.7. The largest absolute Gasteiger partial charge is 0.456 e. The number of ether oxygens (including phenoxy) is 5. The lowest BCUT2D eigenvalue weighted by Crippen LogP contribution is -2.82. The number of urea groups is 1. The van der Waals surface area contributed by atoms with E-state index in [9.17, 15) is 39.3 Å². The summed E-state index contributed by atoms with van der Waals surface area (Å²) in [5, 5.41) is 42.8. The van der Waals surface area contributed by atoms with Crippen LogP contribution >= 0.6 is 0 Å². The summed E-state index contributed by atoms with van der Waals surface area (Å²) in [6, 6.07) is 22.4. The Morgan fingerprint density at radius 1 is 0.841 bits per heavy atom. The van der Waals surface area contributed by atoms with Gasteiger partial charge in [0.1, 0.15) is 23.9 Å². The minimum atomic E-state index is -2.40. The molecule has 3 aliphatic carbocycles. The third kappa shape index (κ3) is 7.79. The van der Waals surface area contributed by atoms with E-state index in [4.69, 9.17) is 23.7 Å². The predicted molar refractivity (Wildman–Crippen MR) is 222 cm³/mol. The normalized spacial score (nSPS) is 31.5. The SMILES string of the molecule is CC(=O)OC1C(=O)[C@]2(C)C(O)CC3OC[C@@]3(OC(C)=O)C2C(OC(=O)c2ccccc2)C2(O)CC(OC(=O)C(O)C(NC(=O)Nc3ccccc3)c3ccccc3)C(C)=C1C2(C)C. The van der Waals surface area contributed by atoms with Crippen LogP contribution in [0.1, 0.15) is 76.3 Å². The molecule has 4 aliphatic rings. The smallest absolute Gasteiger partial charge is 0.338 e. The maximum absolute atomic E-state index is 15.5. The topological polar surface area (TPSA) is 233 Å². The lowest BCUT2D eigenvalue weighted by atomic mass is 9.44. The van der Waals surface area contributed by atoms with Crippen LogP contribution in [0.2, 0.25) is 0 Å². The van der Waals surface area contributed by atoms with Gasteiger partial charge in [0.15, 0.2) is 23.6 Å². The van der Waals surface area contributed by atoms with Gasteiger partial charge in [-0.25, -0.2) is 14.4 Å². The summed E-state index contributed by atoms with van der Waals surface area (Å²) in [7, 11) is 0. The second-order valence-corrected chi connectivity index (χ2v) is 17.5. The van der Waals surface area contributed by atoms with Crippen molar-refractivity contribution in [3.8, 4) is 0 Å². The number of carbonyl (C=O) groups is 6. The maximum Gasteiger partial charge on any atom is 0.338 e. The number of amides is 2. The molecule has 0 aromatic heterocycles. The molecule has 2 amide bonds. The summed E-state index contributed by atoms with van der Waals surface area (Å²) in [4.78, 5) is 83.3. The fourth-order valence-corrected chi connectivity index (χ4v) is 10.2. The highest BCUT2D eigenvalue weighted by Crippen LogP contribution is 2.64. The van der Waals surface area contributed by atoms with Crippen LogP contribution in [-0.4, -0.2) is 105 Å². The number of Topliss-reactive ketones (excluding diaryl/α,β-unsaturated/α-hetero) is 1. The van der Waals surface area contributed by atoms with Crippen LogP contribution in [0, 0.1) is 16.7 Å². The molecule has 334 valence electrons. The van der Waals surface area contributed by atoms with Crippen molar-refractivity contribution in [2.75, 3.05) is 11.9 Å². The second-order valence-electron chi connectivity index (χ2n) is 17.5. The molecular formula is C47H52N2O14. The van der Waals surface area contributed by atoms with Gasteiger partial charge in [0.2, 0.25) is 0 Å². The van der Waals surface area contributed by atoms with E-state index in [1.165, 1.54) is 26.0 Å². The van der Waals surface area contributed by atoms with E-state index in [1.807, 2.05) is 0 Å². The molecule has 16 nitrogen and oxygen atoms in total. The molecule has 1 aliphatic heterocycles. The van der Waals surface area contributed by atoms with Crippen molar-refractivity contribution < 1.29 is 67.8 Å². The second kappa shape index (κ2) is 17.0. The molecule has 16 heteroatoms. The standard InChI is InChI=1S/C47H52N2O14/c1-25-31(61-42(56)36(53)35(28-16-10-7-11-17-28)49-43(57)48-30-20-14-9-15-21-30)23-47(58)40(62-41(55)29-18-12-8-13-19-29)38-45(6,32(52)22-33-46(38,24-59-33)63-27(3)51)39(54)37(60-26(2)50)34(25)44(47,4)5/h7-21,31-33,35-38,40,52-53,58H,22-24H2,1-6H3,(H2,48,49,57)/t31?,32?,33?,35?,36?,37?,38?,40?,45-,46+,47?/m1/s1. The third-order valence-corrected chi connectivity index (χ3v) is 13.5. The van der Waals surface area contributed by atoms with Gasteiger partial charge in [0, 0.05) is 37.8 Å². The molecule has 0 radical (unpaired) electrons. The number of rotatable bonds is 10. The van der Waals surface area contributed by atoms with Crippen LogP contribution in [0.3, 0.4) is 0 Å². The molecule has 3 aromatic rings. The number of aliphatic hydroxyl groups excluding tert-OH is 2. The molecule has 3 fully saturated rings. The first-order chi connectivity index (χ1) is 29.8. The van der Waals surface area contributed by atoms with Crippen LogP contribution in [0.15, 0.2) is 102 Å². The number of anilines is 1. The summed E-state index contributed by atoms with van der Waals surface area (Å²) in [5.41, 5.74) is -6.90. The number of para-hydroxylation sites is 1. The Morgan fingerprint density at radius 2 is 1.44 bits per heavy atom. The third-order valence-electron chi connectivity index (χ3n) is 13.5. The molecule has 7 rings (SSSR count). The van der Waals surface area contributed by atoms with Crippen molar-refractivity contribution in [1.82, 2.24) is 5.32 Å². The van der Waals surface area contributed by atoms with Crippen molar-refractivity contribution in [2.24, 2.45) is 16.7 Å². The molecule has 1 heterocycles. The van der Waals surface area contributed by atoms with Gasteiger partial charge in [-0.05, 0) is 54.8 Å². The highest BCUT2D eigenvalue weighted by molar-refractivity contribution is 5.96. The van der Waals surface area contributed by atoms with Crippen LogP contribution in [0.5, 0.6) is 0 Å². The Bertz CT molecular complexity index is 2300. The van der Waals surface area contributed by atoms with Gasteiger partial charge in [-0.1, -0.05) is 80.6 Å². The summed E-state index contributed by atoms with van der Waals surface area (Å²) < 4.78 is 30.3. The number of ketones is 1. The van der Waals surface area contributed by atoms with Gasteiger partial charge in [0.25, 0.3) is 0 Å². The van der Waals surface area contributed by atoms with Crippen LogP contribution in [0.4, 0.5) is 10.5 Å². The first kappa shape index (κ1) is 45.1.